The molecule has 0 aliphatic rings. The first-order chi connectivity index (χ1) is 8.74. The third-order valence-electron chi connectivity index (χ3n) is 2.80. The van der Waals surface area contributed by atoms with Gasteiger partial charge in [-0.15, -0.1) is 0 Å². The van der Waals surface area contributed by atoms with Gasteiger partial charge in [-0.25, -0.2) is 9.37 Å². The Hall–Kier alpha value is -2.49. The van der Waals surface area contributed by atoms with Crippen molar-refractivity contribution in [3.8, 4) is 11.1 Å². The summed E-state index contributed by atoms with van der Waals surface area (Å²) < 4.78 is 12.9. The summed E-state index contributed by atoms with van der Waals surface area (Å²) in [6.45, 7) is 0. The molecule has 0 aliphatic carbocycles. The second-order valence-electron chi connectivity index (χ2n) is 4.00. The lowest BCUT2D eigenvalue weighted by Gasteiger charge is -2.07. The van der Waals surface area contributed by atoms with Gasteiger partial charge in [0, 0.05) is 23.3 Å². The summed E-state index contributed by atoms with van der Waals surface area (Å²) in [6, 6.07) is 9.90. The van der Waals surface area contributed by atoms with E-state index in [1.165, 1.54) is 12.1 Å². The molecule has 3 aromatic rings. The second-order valence-corrected chi connectivity index (χ2v) is 4.00. The van der Waals surface area contributed by atoms with E-state index in [4.69, 9.17) is 5.73 Å². The van der Waals surface area contributed by atoms with Crippen molar-refractivity contribution in [2.75, 3.05) is 5.73 Å². The fourth-order valence-corrected chi connectivity index (χ4v) is 1.89. The lowest BCUT2D eigenvalue weighted by molar-refractivity contribution is 0.628. The number of rotatable bonds is 1. The largest absolute Gasteiger partial charge is 0.383 e. The molecule has 3 rings (SSSR count). The van der Waals surface area contributed by atoms with Gasteiger partial charge >= 0.3 is 0 Å². The van der Waals surface area contributed by atoms with Gasteiger partial charge in [-0.3, -0.25) is 4.98 Å². The quantitative estimate of drug-likeness (QED) is 0.710. The average molecular weight is 239 g/mol. The van der Waals surface area contributed by atoms with Crippen molar-refractivity contribution in [1.29, 1.82) is 0 Å². The van der Waals surface area contributed by atoms with Crippen molar-refractivity contribution in [3.63, 3.8) is 0 Å². The molecule has 3 nitrogen and oxygen atoms in total. The molecule has 0 unspecified atom stereocenters. The molecule has 4 heteroatoms. The molecule has 0 aliphatic heterocycles. The summed E-state index contributed by atoms with van der Waals surface area (Å²) >= 11 is 0. The maximum absolute atomic E-state index is 12.9. The highest BCUT2D eigenvalue weighted by atomic mass is 19.1. The number of hydrogen-bond donors (Lipinski definition) is 1. The summed E-state index contributed by atoms with van der Waals surface area (Å²) in [5, 5.41) is 0.908. The van der Waals surface area contributed by atoms with E-state index in [1.807, 2.05) is 6.07 Å². The Kier molecular flexibility index (Phi) is 2.41. The molecule has 0 atom stereocenters. The van der Waals surface area contributed by atoms with Gasteiger partial charge in [-0.05, 0) is 29.8 Å². The molecule has 0 amide bonds. The number of nitrogen functional groups attached to an aromatic ring is 1. The predicted octanol–water partition coefficient (Wildman–Crippen LogP) is 3.02. The third kappa shape index (κ3) is 1.78. The Labute approximate surface area is 103 Å². The van der Waals surface area contributed by atoms with Crippen molar-refractivity contribution in [3.05, 3.63) is 54.6 Å². The molecule has 0 fully saturated rings. The van der Waals surface area contributed by atoms with Crippen LogP contribution in [0.5, 0.6) is 0 Å². The van der Waals surface area contributed by atoms with Gasteiger partial charge in [0.05, 0.1) is 5.52 Å². The second kappa shape index (κ2) is 4.07. The summed E-state index contributed by atoms with van der Waals surface area (Å²) in [5.41, 5.74) is 8.36. The number of halogens is 1. The summed E-state index contributed by atoms with van der Waals surface area (Å²) in [4.78, 5) is 8.37. The first-order valence-electron chi connectivity index (χ1n) is 5.50. The van der Waals surface area contributed by atoms with Crippen LogP contribution in [0.1, 0.15) is 0 Å². The molecule has 0 bridgehead atoms. The smallest absolute Gasteiger partial charge is 0.132 e. The van der Waals surface area contributed by atoms with Crippen molar-refractivity contribution in [1.82, 2.24) is 9.97 Å². The third-order valence-corrected chi connectivity index (χ3v) is 2.80. The zero-order chi connectivity index (χ0) is 12.5. The van der Waals surface area contributed by atoms with Crippen molar-refractivity contribution < 1.29 is 4.39 Å². The first-order valence-corrected chi connectivity index (χ1v) is 5.50. The van der Waals surface area contributed by atoms with Crippen LogP contribution in [0, 0.1) is 5.82 Å². The van der Waals surface area contributed by atoms with E-state index in [9.17, 15) is 4.39 Å². The molecule has 18 heavy (non-hydrogen) atoms. The minimum absolute atomic E-state index is 0.271. The van der Waals surface area contributed by atoms with Crippen molar-refractivity contribution in [2.45, 2.75) is 0 Å². The number of benzene rings is 1. The molecule has 0 radical (unpaired) electrons. The molecular weight excluding hydrogens is 229 g/mol. The molecular formula is C14H10FN3. The molecule has 2 N–H and O–H groups in total. The van der Waals surface area contributed by atoms with E-state index < -0.39 is 0 Å². The average Bonchev–Trinajstić information content (AvgIpc) is 2.39. The van der Waals surface area contributed by atoms with E-state index in [0.717, 1.165) is 22.0 Å². The molecule has 2 aromatic heterocycles. The number of nitrogens with two attached hydrogens (primary N) is 1. The monoisotopic (exact) mass is 239 g/mol. The van der Waals surface area contributed by atoms with Gasteiger partial charge in [-0.1, -0.05) is 12.1 Å². The van der Waals surface area contributed by atoms with E-state index in [-0.39, 0.29) is 5.82 Å². The highest BCUT2D eigenvalue weighted by Crippen LogP contribution is 2.27. The van der Waals surface area contributed by atoms with Gasteiger partial charge in [0.25, 0.3) is 0 Å². The lowest BCUT2D eigenvalue weighted by atomic mass is 10.0. The van der Waals surface area contributed by atoms with Gasteiger partial charge < -0.3 is 5.73 Å². The topological polar surface area (TPSA) is 51.8 Å². The van der Waals surface area contributed by atoms with Crippen LogP contribution in [0.2, 0.25) is 0 Å². The standard InChI is InChI=1S/C14H10FN3/c15-11-3-1-9(2-4-11)12-7-10-8-17-6-5-13(10)18-14(12)16/h1-8H,(H2,16,18). The zero-order valence-corrected chi connectivity index (χ0v) is 9.47. The summed E-state index contributed by atoms with van der Waals surface area (Å²) in [5.74, 6) is 0.160. The Balaban J connectivity index is 2.22. The van der Waals surface area contributed by atoms with Crippen molar-refractivity contribution >= 4 is 16.7 Å². The van der Waals surface area contributed by atoms with Gasteiger partial charge in [0.1, 0.15) is 11.6 Å². The lowest BCUT2D eigenvalue weighted by Crippen LogP contribution is -1.95. The molecule has 0 saturated carbocycles. The minimum atomic E-state index is -0.271. The predicted molar refractivity (Wildman–Crippen MR) is 69.3 cm³/mol. The van der Waals surface area contributed by atoms with Gasteiger partial charge in [0.2, 0.25) is 0 Å². The van der Waals surface area contributed by atoms with Crippen LogP contribution in [0.4, 0.5) is 10.2 Å². The van der Waals surface area contributed by atoms with Crippen LogP contribution in [-0.4, -0.2) is 9.97 Å². The van der Waals surface area contributed by atoms with Gasteiger partial charge in [-0.2, -0.15) is 0 Å². The van der Waals surface area contributed by atoms with E-state index in [0.29, 0.717) is 5.82 Å². The Morgan fingerprint density at radius 1 is 1.06 bits per heavy atom. The summed E-state index contributed by atoms with van der Waals surface area (Å²) in [7, 11) is 0. The Morgan fingerprint density at radius 3 is 2.61 bits per heavy atom. The normalized spacial score (nSPS) is 10.7. The molecule has 0 spiro atoms. The molecule has 0 saturated heterocycles. The maximum Gasteiger partial charge on any atom is 0.132 e. The maximum atomic E-state index is 12.9. The fourth-order valence-electron chi connectivity index (χ4n) is 1.89. The number of anilines is 1. The van der Waals surface area contributed by atoms with E-state index in [2.05, 4.69) is 9.97 Å². The number of aromatic nitrogens is 2. The molecule has 1 aromatic carbocycles. The Morgan fingerprint density at radius 2 is 1.83 bits per heavy atom. The fraction of sp³-hybridized carbons (Fsp3) is 0. The Bertz CT molecular complexity index is 708. The number of nitrogens with zero attached hydrogens (tertiary/aromatic N) is 2. The highest BCUT2D eigenvalue weighted by Gasteiger charge is 2.06. The SMILES string of the molecule is Nc1nc2ccncc2cc1-c1ccc(F)cc1. The van der Waals surface area contributed by atoms with Crippen LogP contribution in [0.25, 0.3) is 22.0 Å². The van der Waals surface area contributed by atoms with E-state index >= 15 is 0 Å². The van der Waals surface area contributed by atoms with Gasteiger partial charge in [0.15, 0.2) is 0 Å². The van der Waals surface area contributed by atoms with Crippen LogP contribution in [0.3, 0.4) is 0 Å². The number of fused-ring (bicyclic) bond motifs is 1. The van der Waals surface area contributed by atoms with Crippen LogP contribution >= 0.6 is 0 Å². The molecule has 2 heterocycles. The number of pyridine rings is 2. The number of hydrogen-bond acceptors (Lipinski definition) is 3. The first kappa shape index (κ1) is 10.7. The van der Waals surface area contributed by atoms with Crippen molar-refractivity contribution in [2.24, 2.45) is 0 Å². The zero-order valence-electron chi connectivity index (χ0n) is 9.47. The van der Waals surface area contributed by atoms with E-state index in [1.54, 1.807) is 30.6 Å². The minimum Gasteiger partial charge on any atom is -0.383 e. The summed E-state index contributed by atoms with van der Waals surface area (Å²) in [6.07, 6.45) is 3.40. The van der Waals surface area contributed by atoms with Crippen LogP contribution in [-0.2, 0) is 0 Å². The van der Waals surface area contributed by atoms with Crippen LogP contribution < -0.4 is 5.73 Å². The highest BCUT2D eigenvalue weighted by molar-refractivity contribution is 5.88. The van der Waals surface area contributed by atoms with Crippen LogP contribution in [0.15, 0.2) is 48.8 Å². The molecule has 88 valence electrons.